The van der Waals surface area contributed by atoms with Gasteiger partial charge in [-0.05, 0) is 41.8 Å². The molecule has 0 spiro atoms. The highest BCUT2D eigenvalue weighted by molar-refractivity contribution is 5.84. The van der Waals surface area contributed by atoms with Crippen molar-refractivity contribution in [2.45, 2.75) is 32.3 Å². The number of hydrogen-bond acceptors (Lipinski definition) is 6. The van der Waals surface area contributed by atoms with E-state index in [-0.39, 0.29) is 5.69 Å². The van der Waals surface area contributed by atoms with Gasteiger partial charge in [0.15, 0.2) is 6.10 Å². The normalized spacial score (nSPS) is 11.3. The fourth-order valence-corrected chi connectivity index (χ4v) is 2.61. The van der Waals surface area contributed by atoms with Crippen LogP contribution in [0.5, 0.6) is 0 Å². The number of nitrogens with one attached hydrogen (secondary N) is 1. The van der Waals surface area contributed by atoms with E-state index in [1.807, 2.05) is 0 Å². The molecule has 1 amide bonds. The zero-order valence-corrected chi connectivity index (χ0v) is 15.9. The molecule has 2 aromatic rings. The van der Waals surface area contributed by atoms with Gasteiger partial charge in [0.25, 0.3) is 5.69 Å². The molecule has 0 aliphatic heterocycles. The van der Waals surface area contributed by atoms with Crippen molar-refractivity contribution in [1.29, 1.82) is 0 Å². The third-order valence-corrected chi connectivity index (χ3v) is 4.07. The molecule has 2 N–H and O–H groups in total. The van der Waals surface area contributed by atoms with Crippen LogP contribution >= 0.6 is 0 Å². The van der Waals surface area contributed by atoms with Crippen LogP contribution < -0.4 is 5.32 Å². The van der Waals surface area contributed by atoms with Gasteiger partial charge in [0.05, 0.1) is 11.5 Å². The average Bonchev–Trinajstić information content (AvgIpc) is 2.70. The van der Waals surface area contributed by atoms with Crippen LogP contribution in [-0.4, -0.2) is 28.9 Å². The summed E-state index contributed by atoms with van der Waals surface area (Å²) < 4.78 is 10.0. The second kappa shape index (κ2) is 10.6. The Kier molecular flexibility index (Phi) is 7.96. The molecule has 0 aliphatic rings. The second-order valence-electron chi connectivity index (χ2n) is 6.20. The van der Waals surface area contributed by atoms with E-state index < -0.39 is 23.3 Å². The number of benzene rings is 2. The van der Waals surface area contributed by atoms with Gasteiger partial charge >= 0.3 is 12.2 Å². The summed E-state index contributed by atoms with van der Waals surface area (Å²) in [6, 6.07) is 11.8. The first-order valence-electron chi connectivity index (χ1n) is 9.08. The molecule has 9 nitrogen and oxygen atoms in total. The van der Waals surface area contributed by atoms with Crippen LogP contribution in [0.1, 0.15) is 43.4 Å². The quantitative estimate of drug-likeness (QED) is 0.258. The number of non-ortho nitro benzene ring substituents is 1. The lowest BCUT2D eigenvalue weighted by Crippen LogP contribution is -2.15. The van der Waals surface area contributed by atoms with Crippen LogP contribution in [0.4, 0.5) is 21.0 Å². The summed E-state index contributed by atoms with van der Waals surface area (Å²) >= 11 is 0. The summed E-state index contributed by atoms with van der Waals surface area (Å²) in [5.74, 6) is 0. The standard InChI is InChI=1S/C20H22N2O7/c1-2-3-4-13-28-19(23)21-16-9-5-14(6-10-16)18(29-20(24)25)15-7-11-17(12-8-15)22(26)27/h5-12,18H,2-4,13H2,1H3,(H,21,23)(H,24,25). The molecule has 0 saturated heterocycles. The van der Waals surface area contributed by atoms with Crippen molar-refractivity contribution in [2.75, 3.05) is 11.9 Å². The van der Waals surface area contributed by atoms with Crippen molar-refractivity contribution >= 4 is 23.6 Å². The van der Waals surface area contributed by atoms with Gasteiger partial charge in [-0.15, -0.1) is 0 Å². The smallest absolute Gasteiger partial charge is 0.450 e. The van der Waals surface area contributed by atoms with Gasteiger partial charge in [0.2, 0.25) is 0 Å². The molecule has 9 heteroatoms. The predicted molar refractivity (Wildman–Crippen MR) is 105 cm³/mol. The zero-order chi connectivity index (χ0) is 21.2. The first-order chi connectivity index (χ1) is 13.9. The maximum Gasteiger partial charge on any atom is 0.506 e. The van der Waals surface area contributed by atoms with Gasteiger partial charge in [-0.1, -0.05) is 31.9 Å². The van der Waals surface area contributed by atoms with Crippen molar-refractivity contribution in [3.05, 3.63) is 69.8 Å². The van der Waals surface area contributed by atoms with Gasteiger partial charge in [-0.3, -0.25) is 15.4 Å². The first-order valence-corrected chi connectivity index (χ1v) is 9.08. The molecule has 1 unspecified atom stereocenters. The Morgan fingerprint density at radius 1 is 1.07 bits per heavy atom. The number of rotatable bonds is 9. The van der Waals surface area contributed by atoms with E-state index in [0.29, 0.717) is 23.4 Å². The summed E-state index contributed by atoms with van der Waals surface area (Å²) in [6.45, 7) is 2.39. The number of carbonyl (C=O) groups is 2. The van der Waals surface area contributed by atoms with E-state index in [0.717, 1.165) is 19.3 Å². The highest BCUT2D eigenvalue weighted by Gasteiger charge is 2.20. The number of hydrogen-bond donors (Lipinski definition) is 2. The van der Waals surface area contributed by atoms with Crippen LogP contribution in [0, 0.1) is 10.1 Å². The van der Waals surface area contributed by atoms with E-state index >= 15 is 0 Å². The molecular formula is C20H22N2O7. The lowest BCUT2D eigenvalue weighted by molar-refractivity contribution is -0.384. The Hall–Kier alpha value is -3.62. The lowest BCUT2D eigenvalue weighted by atomic mass is 10.0. The van der Waals surface area contributed by atoms with E-state index in [1.54, 1.807) is 24.3 Å². The third kappa shape index (κ3) is 6.80. The number of nitro benzene ring substituents is 1. The van der Waals surface area contributed by atoms with Crippen LogP contribution in [0.25, 0.3) is 0 Å². The largest absolute Gasteiger partial charge is 0.506 e. The topological polar surface area (TPSA) is 128 Å². The molecule has 2 aromatic carbocycles. The molecule has 0 radical (unpaired) electrons. The van der Waals surface area contributed by atoms with Gasteiger partial charge in [-0.25, -0.2) is 9.59 Å². The van der Waals surface area contributed by atoms with Crippen LogP contribution in [0.15, 0.2) is 48.5 Å². The molecule has 0 heterocycles. The molecule has 1 atom stereocenters. The Labute approximate surface area is 167 Å². The molecule has 0 aliphatic carbocycles. The Bertz CT molecular complexity index is 835. The SMILES string of the molecule is CCCCCOC(=O)Nc1ccc(C(OC(=O)O)c2ccc([N+](=O)[O-])cc2)cc1. The highest BCUT2D eigenvalue weighted by Crippen LogP contribution is 2.28. The number of nitrogens with zero attached hydrogens (tertiary/aromatic N) is 1. The maximum absolute atomic E-state index is 11.8. The number of nitro groups is 1. The fraction of sp³-hybridized carbons (Fsp3) is 0.300. The molecule has 154 valence electrons. The Balaban J connectivity index is 2.09. The first kappa shape index (κ1) is 21.7. The van der Waals surface area contributed by atoms with Crippen molar-refractivity contribution in [2.24, 2.45) is 0 Å². The van der Waals surface area contributed by atoms with Crippen molar-refractivity contribution in [1.82, 2.24) is 0 Å². The Morgan fingerprint density at radius 3 is 2.17 bits per heavy atom. The number of unbranched alkanes of at least 4 members (excludes halogenated alkanes) is 2. The number of amides is 1. The fourth-order valence-electron chi connectivity index (χ4n) is 2.61. The molecule has 0 fully saturated rings. The summed E-state index contributed by atoms with van der Waals surface area (Å²) in [4.78, 5) is 33.1. The third-order valence-electron chi connectivity index (χ3n) is 4.07. The molecule has 0 aromatic heterocycles. The zero-order valence-electron chi connectivity index (χ0n) is 15.9. The molecule has 2 rings (SSSR count). The van der Waals surface area contributed by atoms with Gasteiger partial charge in [-0.2, -0.15) is 0 Å². The average molecular weight is 402 g/mol. The monoisotopic (exact) mass is 402 g/mol. The number of carbonyl (C=O) groups excluding carboxylic acids is 1. The van der Waals surface area contributed by atoms with Gasteiger partial charge in [0, 0.05) is 17.8 Å². The lowest BCUT2D eigenvalue weighted by Gasteiger charge is -2.17. The molecular weight excluding hydrogens is 380 g/mol. The van der Waals surface area contributed by atoms with Crippen LogP contribution in [-0.2, 0) is 9.47 Å². The van der Waals surface area contributed by atoms with E-state index in [1.165, 1.54) is 24.3 Å². The summed E-state index contributed by atoms with van der Waals surface area (Å²) in [5.41, 5.74) is 1.31. The van der Waals surface area contributed by atoms with Crippen LogP contribution in [0.3, 0.4) is 0 Å². The van der Waals surface area contributed by atoms with E-state index in [9.17, 15) is 19.7 Å². The number of ether oxygens (including phenoxy) is 2. The van der Waals surface area contributed by atoms with Crippen molar-refractivity contribution in [3.8, 4) is 0 Å². The maximum atomic E-state index is 11.8. The highest BCUT2D eigenvalue weighted by atomic mass is 16.7. The van der Waals surface area contributed by atoms with Crippen molar-refractivity contribution in [3.63, 3.8) is 0 Å². The summed E-state index contributed by atoms with van der Waals surface area (Å²) in [6.07, 6.45) is -0.208. The summed E-state index contributed by atoms with van der Waals surface area (Å²) in [5, 5.41) is 22.4. The minimum atomic E-state index is -1.48. The molecule has 29 heavy (non-hydrogen) atoms. The van der Waals surface area contributed by atoms with Gasteiger partial charge in [0.1, 0.15) is 0 Å². The van der Waals surface area contributed by atoms with E-state index in [2.05, 4.69) is 12.2 Å². The van der Waals surface area contributed by atoms with Crippen molar-refractivity contribution < 1.29 is 29.1 Å². The molecule has 0 saturated carbocycles. The number of carboxylic acid groups (broad SMARTS) is 1. The van der Waals surface area contributed by atoms with E-state index in [4.69, 9.17) is 14.6 Å². The second-order valence-corrected chi connectivity index (χ2v) is 6.20. The van der Waals surface area contributed by atoms with Crippen LogP contribution in [0.2, 0.25) is 0 Å². The minimum Gasteiger partial charge on any atom is -0.450 e. The Morgan fingerprint density at radius 2 is 1.66 bits per heavy atom. The predicted octanol–water partition coefficient (Wildman–Crippen LogP) is 5.12. The number of anilines is 1. The van der Waals surface area contributed by atoms with Gasteiger partial charge < -0.3 is 14.6 Å². The minimum absolute atomic E-state index is 0.111. The molecule has 0 bridgehead atoms. The summed E-state index contributed by atoms with van der Waals surface area (Å²) in [7, 11) is 0.